The van der Waals surface area contributed by atoms with Crippen molar-refractivity contribution in [3.8, 4) is 11.3 Å². The van der Waals surface area contributed by atoms with Crippen LogP contribution in [0.4, 0.5) is 0 Å². The van der Waals surface area contributed by atoms with Crippen LogP contribution in [-0.2, 0) is 7.05 Å². The van der Waals surface area contributed by atoms with E-state index in [0.29, 0.717) is 11.3 Å². The summed E-state index contributed by atoms with van der Waals surface area (Å²) in [4.78, 5) is 4.41. The number of aromatic nitrogens is 2. The molecule has 0 N–H and O–H groups in total. The van der Waals surface area contributed by atoms with Gasteiger partial charge in [0, 0.05) is 38.6 Å². The molecule has 0 aliphatic carbocycles. The van der Waals surface area contributed by atoms with E-state index in [9.17, 15) is 0 Å². The third-order valence-corrected chi connectivity index (χ3v) is 5.07. The first-order chi connectivity index (χ1) is 13.9. The summed E-state index contributed by atoms with van der Waals surface area (Å²) in [6.45, 7) is -0.0960. The number of aryl methyl sites for hydroxylation is 3. The molecular formula is C23H19N2O+. The first-order valence-corrected chi connectivity index (χ1v) is 8.55. The molecule has 0 saturated carbocycles. The number of hydrogen-bond acceptors (Lipinski definition) is 2. The van der Waals surface area contributed by atoms with Crippen molar-refractivity contribution in [2.75, 3.05) is 0 Å². The predicted octanol–water partition coefficient (Wildman–Crippen LogP) is 5.24. The van der Waals surface area contributed by atoms with Crippen LogP contribution in [0.2, 0.25) is 0 Å². The molecular weight excluding hydrogens is 320 g/mol. The lowest BCUT2D eigenvalue weighted by atomic mass is 9.92. The molecule has 0 amide bonds. The molecule has 0 bridgehead atoms. The molecule has 0 atom stereocenters. The van der Waals surface area contributed by atoms with Crippen molar-refractivity contribution >= 4 is 32.8 Å². The highest BCUT2D eigenvalue weighted by Gasteiger charge is 2.23. The van der Waals surface area contributed by atoms with Gasteiger partial charge >= 0.3 is 0 Å². The summed E-state index contributed by atoms with van der Waals surface area (Å²) in [6.07, 6.45) is 3.52. The van der Waals surface area contributed by atoms with E-state index in [2.05, 4.69) is 24.0 Å². The molecule has 3 heteroatoms. The maximum atomic E-state index is 7.85. The largest absolute Gasteiger partial charge is 0.437 e. The van der Waals surface area contributed by atoms with Crippen LogP contribution in [0.5, 0.6) is 0 Å². The molecule has 0 aliphatic heterocycles. The van der Waals surface area contributed by atoms with Crippen molar-refractivity contribution in [1.82, 2.24) is 4.98 Å². The fourth-order valence-electron chi connectivity index (χ4n) is 3.84. The van der Waals surface area contributed by atoms with Crippen LogP contribution in [0.15, 0.2) is 65.3 Å². The van der Waals surface area contributed by atoms with Gasteiger partial charge < -0.3 is 4.42 Å². The van der Waals surface area contributed by atoms with Gasteiger partial charge in [0.25, 0.3) is 0 Å². The normalized spacial score (nSPS) is 13.8. The number of pyridine rings is 2. The van der Waals surface area contributed by atoms with E-state index in [1.807, 2.05) is 35.9 Å². The highest BCUT2D eigenvalue weighted by molar-refractivity contribution is 6.21. The SMILES string of the molecule is [2H]C([2H])([2H])c1cc[n+](C)c(-c2c(C)c3ccccc3c3oc4ncccc4c23)c1. The summed E-state index contributed by atoms with van der Waals surface area (Å²) >= 11 is 0. The first kappa shape index (κ1) is 12.2. The van der Waals surface area contributed by atoms with Crippen molar-refractivity contribution in [3.63, 3.8) is 0 Å². The van der Waals surface area contributed by atoms with Gasteiger partial charge in [-0.1, -0.05) is 24.3 Å². The van der Waals surface area contributed by atoms with Crippen LogP contribution >= 0.6 is 0 Å². The van der Waals surface area contributed by atoms with Gasteiger partial charge in [-0.05, 0) is 42.4 Å². The minimum absolute atomic E-state index is 0.317. The average Bonchev–Trinajstić information content (AvgIpc) is 3.08. The zero-order valence-electron chi connectivity index (χ0n) is 17.6. The van der Waals surface area contributed by atoms with Gasteiger partial charge in [0.15, 0.2) is 6.20 Å². The topological polar surface area (TPSA) is 29.9 Å². The Bertz CT molecular complexity index is 1420. The third-order valence-electron chi connectivity index (χ3n) is 5.07. The molecule has 0 saturated heterocycles. The molecule has 0 radical (unpaired) electrons. The highest BCUT2D eigenvalue weighted by atomic mass is 16.3. The summed E-state index contributed by atoms with van der Waals surface area (Å²) in [5, 5.41) is 3.98. The lowest BCUT2D eigenvalue weighted by Crippen LogP contribution is -2.30. The minimum atomic E-state index is -2.17. The molecule has 0 unspecified atom stereocenters. The summed E-state index contributed by atoms with van der Waals surface area (Å²) in [5.41, 5.74) is 4.55. The predicted molar refractivity (Wildman–Crippen MR) is 105 cm³/mol. The molecule has 5 rings (SSSR count). The summed E-state index contributed by atoms with van der Waals surface area (Å²) < 4.78 is 31.7. The van der Waals surface area contributed by atoms with E-state index in [4.69, 9.17) is 8.53 Å². The van der Waals surface area contributed by atoms with Gasteiger partial charge in [0.1, 0.15) is 12.6 Å². The van der Waals surface area contributed by atoms with Crippen LogP contribution < -0.4 is 4.57 Å². The zero-order chi connectivity index (χ0) is 20.3. The molecule has 26 heavy (non-hydrogen) atoms. The molecule has 5 aromatic rings. The molecule has 2 aromatic carbocycles. The van der Waals surface area contributed by atoms with E-state index in [-0.39, 0.29) is 0 Å². The second kappa shape index (κ2) is 5.40. The molecule has 0 aliphatic rings. The maximum Gasteiger partial charge on any atom is 0.227 e. The number of hydrogen-bond donors (Lipinski definition) is 0. The summed E-state index contributed by atoms with van der Waals surface area (Å²) in [7, 11) is 1.93. The Morgan fingerprint density at radius 1 is 1.04 bits per heavy atom. The average molecular weight is 342 g/mol. The lowest BCUT2D eigenvalue weighted by molar-refractivity contribution is -0.660. The molecule has 126 valence electrons. The molecule has 3 aromatic heterocycles. The van der Waals surface area contributed by atoms with Crippen molar-refractivity contribution in [2.24, 2.45) is 7.05 Å². The van der Waals surface area contributed by atoms with E-state index in [1.165, 1.54) is 0 Å². The highest BCUT2D eigenvalue weighted by Crippen LogP contribution is 2.42. The van der Waals surface area contributed by atoms with Crippen LogP contribution in [0.25, 0.3) is 44.1 Å². The Hall–Kier alpha value is -3.20. The number of nitrogens with zero attached hydrogens (tertiary/aromatic N) is 2. The first-order valence-electron chi connectivity index (χ1n) is 10.1. The number of rotatable bonds is 1. The number of benzene rings is 2. The van der Waals surface area contributed by atoms with Crippen molar-refractivity contribution in [1.29, 1.82) is 0 Å². The van der Waals surface area contributed by atoms with Crippen LogP contribution in [0.3, 0.4) is 0 Å². The van der Waals surface area contributed by atoms with E-state index in [0.717, 1.165) is 43.9 Å². The monoisotopic (exact) mass is 342 g/mol. The van der Waals surface area contributed by atoms with Crippen LogP contribution in [-0.4, -0.2) is 4.98 Å². The number of fused-ring (bicyclic) bond motifs is 5. The second-order valence-corrected chi connectivity index (χ2v) is 6.62. The van der Waals surface area contributed by atoms with E-state index >= 15 is 0 Å². The van der Waals surface area contributed by atoms with Crippen LogP contribution in [0, 0.1) is 13.8 Å². The minimum Gasteiger partial charge on any atom is -0.437 e. The Morgan fingerprint density at radius 3 is 2.69 bits per heavy atom. The smallest absolute Gasteiger partial charge is 0.227 e. The van der Waals surface area contributed by atoms with Gasteiger partial charge in [-0.2, -0.15) is 0 Å². The van der Waals surface area contributed by atoms with Gasteiger partial charge in [-0.15, -0.1) is 0 Å². The lowest BCUT2D eigenvalue weighted by Gasteiger charge is -2.11. The van der Waals surface area contributed by atoms with E-state index in [1.54, 1.807) is 24.5 Å². The fraction of sp³-hybridized carbons (Fsp3) is 0.130. The van der Waals surface area contributed by atoms with Crippen LogP contribution in [0.1, 0.15) is 15.2 Å². The summed E-state index contributed by atoms with van der Waals surface area (Å²) in [5.74, 6) is 0. The fourth-order valence-corrected chi connectivity index (χ4v) is 3.84. The molecule has 3 nitrogen and oxygen atoms in total. The van der Waals surface area contributed by atoms with Crippen molar-refractivity contribution in [2.45, 2.75) is 13.8 Å². The quantitative estimate of drug-likeness (QED) is 0.390. The number of furan rings is 1. The van der Waals surface area contributed by atoms with Gasteiger partial charge in [0.05, 0.1) is 5.56 Å². The standard InChI is InChI=1S/C23H19N2O/c1-14-10-12-25(3)19(13-14)20-15(2)16-7-4-5-8-17(16)22-21(20)18-9-6-11-24-23(18)26-22/h4-13H,1-3H3/q+1/i1D3. The second-order valence-electron chi connectivity index (χ2n) is 6.62. The Balaban J connectivity index is 2.02. The van der Waals surface area contributed by atoms with E-state index < -0.39 is 6.85 Å². The molecule has 0 fully saturated rings. The van der Waals surface area contributed by atoms with Crippen molar-refractivity contribution < 1.29 is 13.1 Å². The maximum absolute atomic E-state index is 7.85. The van der Waals surface area contributed by atoms with Gasteiger partial charge in [-0.25, -0.2) is 9.55 Å². The van der Waals surface area contributed by atoms with Crippen molar-refractivity contribution in [3.05, 3.63) is 72.1 Å². The molecule has 3 heterocycles. The Kier molecular flexibility index (Phi) is 2.53. The summed E-state index contributed by atoms with van der Waals surface area (Å²) in [6, 6.07) is 15.4. The zero-order valence-corrected chi connectivity index (χ0v) is 14.6. The third kappa shape index (κ3) is 2.00. The van der Waals surface area contributed by atoms with Gasteiger partial charge in [-0.3, -0.25) is 0 Å². The van der Waals surface area contributed by atoms with Gasteiger partial charge in [0.2, 0.25) is 11.4 Å². The Labute approximate surface area is 155 Å². The molecule has 0 spiro atoms. The Morgan fingerprint density at radius 2 is 1.85 bits per heavy atom.